The number of carbonyl (C=O) groups excluding carboxylic acids is 1. The van der Waals surface area contributed by atoms with Gasteiger partial charge in [-0.25, -0.2) is 9.37 Å². The molecule has 1 aromatic carbocycles. The summed E-state index contributed by atoms with van der Waals surface area (Å²) in [7, 11) is 1.90. The first-order valence-corrected chi connectivity index (χ1v) is 11.1. The van der Waals surface area contributed by atoms with Crippen LogP contribution >= 0.6 is 11.3 Å². The molecule has 0 unspecified atom stereocenters. The summed E-state index contributed by atoms with van der Waals surface area (Å²) in [6, 6.07) is 9.92. The number of aryl methyl sites for hydroxylation is 4. The predicted octanol–water partition coefficient (Wildman–Crippen LogP) is 4.93. The Bertz CT molecular complexity index is 1230. The Labute approximate surface area is 184 Å². The molecule has 1 N–H and O–H groups in total. The normalized spacial score (nSPS) is 12.3. The van der Waals surface area contributed by atoms with Crippen molar-refractivity contribution in [2.75, 3.05) is 0 Å². The van der Waals surface area contributed by atoms with Gasteiger partial charge in [-0.3, -0.25) is 9.48 Å². The Morgan fingerprint density at radius 3 is 2.58 bits per heavy atom. The van der Waals surface area contributed by atoms with E-state index in [1.54, 1.807) is 28.2 Å². The van der Waals surface area contributed by atoms with E-state index in [2.05, 4.69) is 17.3 Å². The molecule has 1 atom stereocenters. The molecule has 160 valence electrons. The van der Waals surface area contributed by atoms with Gasteiger partial charge in [0.1, 0.15) is 5.82 Å². The predicted molar refractivity (Wildman–Crippen MR) is 122 cm³/mol. The number of thiophene rings is 1. The average molecular weight is 437 g/mol. The zero-order valence-electron chi connectivity index (χ0n) is 18.1. The average Bonchev–Trinajstić information content (AvgIpc) is 3.35. The van der Waals surface area contributed by atoms with Gasteiger partial charge in [-0.2, -0.15) is 5.10 Å². The fraction of sp³-hybridized carbons (Fsp3) is 0.292. The molecule has 0 aliphatic heterocycles. The van der Waals surface area contributed by atoms with Crippen molar-refractivity contribution < 1.29 is 9.18 Å². The van der Waals surface area contributed by atoms with Crippen LogP contribution < -0.4 is 5.32 Å². The van der Waals surface area contributed by atoms with Crippen LogP contribution in [0.1, 0.15) is 45.4 Å². The van der Waals surface area contributed by atoms with Gasteiger partial charge in [0.2, 0.25) is 5.91 Å². The molecular formula is C24H25FN4OS. The molecule has 3 heterocycles. The summed E-state index contributed by atoms with van der Waals surface area (Å²) in [6.45, 7) is 6.04. The van der Waals surface area contributed by atoms with E-state index in [0.29, 0.717) is 12.8 Å². The monoisotopic (exact) mass is 436 g/mol. The van der Waals surface area contributed by atoms with Crippen molar-refractivity contribution in [2.24, 2.45) is 7.05 Å². The van der Waals surface area contributed by atoms with Crippen LogP contribution in [0.4, 0.5) is 4.39 Å². The lowest BCUT2D eigenvalue weighted by Gasteiger charge is -2.19. The topological polar surface area (TPSA) is 59.8 Å². The van der Waals surface area contributed by atoms with Gasteiger partial charge in [0.25, 0.3) is 0 Å². The van der Waals surface area contributed by atoms with E-state index in [1.165, 1.54) is 12.1 Å². The van der Waals surface area contributed by atoms with E-state index in [4.69, 9.17) is 4.98 Å². The number of pyridine rings is 1. The molecule has 31 heavy (non-hydrogen) atoms. The zero-order chi connectivity index (χ0) is 22.1. The minimum absolute atomic E-state index is 0.0514. The maximum absolute atomic E-state index is 13.4. The van der Waals surface area contributed by atoms with Crippen molar-refractivity contribution in [1.29, 1.82) is 0 Å². The van der Waals surface area contributed by atoms with Gasteiger partial charge in [0.05, 0.1) is 11.7 Å². The lowest BCUT2D eigenvalue weighted by atomic mass is 9.98. The summed E-state index contributed by atoms with van der Waals surface area (Å²) < 4.78 is 15.2. The molecule has 0 saturated heterocycles. The molecule has 0 fully saturated rings. The molecule has 4 aromatic rings. The van der Waals surface area contributed by atoms with Crippen molar-refractivity contribution in [3.63, 3.8) is 0 Å². The minimum atomic E-state index is -0.295. The second kappa shape index (κ2) is 8.59. The second-order valence-electron chi connectivity index (χ2n) is 7.78. The molecule has 7 heteroatoms. The standard InChI is InChI=1S/C24H25FN4OS/c1-14-19(15(2)26-24-22(14)16(3)28-29(24)4)11-12-21(30)27-23(20-6-5-13-31-20)17-7-9-18(25)10-8-17/h5-10,13,23H,11-12H2,1-4H3,(H,27,30)/t23-/m0/s1. The van der Waals surface area contributed by atoms with Crippen molar-refractivity contribution in [2.45, 2.75) is 39.7 Å². The lowest BCUT2D eigenvalue weighted by Crippen LogP contribution is -2.29. The molecule has 0 saturated carbocycles. The molecule has 0 radical (unpaired) electrons. The highest BCUT2D eigenvalue weighted by Gasteiger charge is 2.20. The summed E-state index contributed by atoms with van der Waals surface area (Å²) in [5.74, 6) is -0.343. The Kier molecular flexibility index (Phi) is 5.87. The van der Waals surface area contributed by atoms with E-state index in [-0.39, 0.29) is 17.8 Å². The fourth-order valence-electron chi connectivity index (χ4n) is 4.13. The van der Waals surface area contributed by atoms with Gasteiger partial charge in [-0.15, -0.1) is 11.3 Å². The first kappa shape index (κ1) is 21.2. The van der Waals surface area contributed by atoms with Crippen molar-refractivity contribution in [1.82, 2.24) is 20.1 Å². The van der Waals surface area contributed by atoms with Gasteiger partial charge in [-0.05, 0) is 67.5 Å². The Morgan fingerprint density at radius 1 is 1.16 bits per heavy atom. The number of benzene rings is 1. The minimum Gasteiger partial charge on any atom is -0.344 e. The maximum Gasteiger partial charge on any atom is 0.221 e. The van der Waals surface area contributed by atoms with Crippen molar-refractivity contribution in [3.05, 3.63) is 80.6 Å². The van der Waals surface area contributed by atoms with Crippen LogP contribution in [0.2, 0.25) is 0 Å². The highest BCUT2D eigenvalue weighted by Crippen LogP contribution is 2.28. The van der Waals surface area contributed by atoms with E-state index < -0.39 is 0 Å². The molecule has 0 spiro atoms. The van der Waals surface area contributed by atoms with Crippen molar-refractivity contribution >= 4 is 28.3 Å². The molecule has 0 aliphatic carbocycles. The van der Waals surface area contributed by atoms with E-state index >= 15 is 0 Å². The quantitative estimate of drug-likeness (QED) is 0.466. The van der Waals surface area contributed by atoms with Crippen LogP contribution in [-0.4, -0.2) is 20.7 Å². The number of carbonyl (C=O) groups is 1. The van der Waals surface area contributed by atoms with Crippen LogP contribution in [0.3, 0.4) is 0 Å². The molecule has 0 aliphatic rings. The smallest absolute Gasteiger partial charge is 0.221 e. The number of aromatic nitrogens is 3. The maximum atomic E-state index is 13.4. The largest absolute Gasteiger partial charge is 0.344 e. The van der Waals surface area contributed by atoms with Gasteiger partial charge in [-0.1, -0.05) is 18.2 Å². The lowest BCUT2D eigenvalue weighted by molar-refractivity contribution is -0.121. The third kappa shape index (κ3) is 4.23. The fourth-order valence-corrected chi connectivity index (χ4v) is 4.93. The Morgan fingerprint density at radius 2 is 1.90 bits per heavy atom. The van der Waals surface area contributed by atoms with Crippen molar-refractivity contribution in [3.8, 4) is 0 Å². The number of hydrogen-bond acceptors (Lipinski definition) is 4. The Balaban J connectivity index is 1.54. The van der Waals surface area contributed by atoms with E-state index in [9.17, 15) is 9.18 Å². The summed E-state index contributed by atoms with van der Waals surface area (Å²) in [4.78, 5) is 18.6. The van der Waals surface area contributed by atoms with Gasteiger partial charge >= 0.3 is 0 Å². The van der Waals surface area contributed by atoms with Gasteiger partial charge in [0.15, 0.2) is 5.65 Å². The van der Waals surface area contributed by atoms with Crippen LogP contribution in [0.15, 0.2) is 41.8 Å². The number of amides is 1. The Hall–Kier alpha value is -3.06. The van der Waals surface area contributed by atoms with Crippen LogP contribution in [0.5, 0.6) is 0 Å². The van der Waals surface area contributed by atoms with Crippen LogP contribution in [0.25, 0.3) is 11.0 Å². The van der Waals surface area contributed by atoms with Crippen LogP contribution in [-0.2, 0) is 18.3 Å². The molecule has 4 rings (SSSR count). The third-order valence-corrected chi connectivity index (χ3v) is 6.61. The molecule has 5 nitrogen and oxygen atoms in total. The van der Waals surface area contributed by atoms with E-state index in [1.807, 2.05) is 38.4 Å². The SMILES string of the molecule is Cc1nc2c(c(C)nn2C)c(C)c1CCC(=O)N[C@@H](c1ccc(F)cc1)c1cccs1. The molecule has 3 aromatic heterocycles. The molecule has 0 bridgehead atoms. The highest BCUT2D eigenvalue weighted by atomic mass is 32.1. The molecule has 1 amide bonds. The third-order valence-electron chi connectivity index (χ3n) is 5.67. The number of halogens is 1. The number of hydrogen-bond donors (Lipinski definition) is 1. The number of rotatable bonds is 6. The summed E-state index contributed by atoms with van der Waals surface area (Å²) in [6.07, 6.45) is 0.943. The molecular weight excluding hydrogens is 411 g/mol. The van der Waals surface area contributed by atoms with E-state index in [0.717, 1.165) is 44.0 Å². The van der Waals surface area contributed by atoms with Gasteiger partial charge in [0, 0.05) is 29.4 Å². The summed E-state index contributed by atoms with van der Waals surface area (Å²) >= 11 is 1.57. The van der Waals surface area contributed by atoms with Crippen LogP contribution in [0, 0.1) is 26.6 Å². The summed E-state index contributed by atoms with van der Waals surface area (Å²) in [5.41, 5.74) is 5.83. The van der Waals surface area contributed by atoms with Gasteiger partial charge < -0.3 is 5.32 Å². The zero-order valence-corrected chi connectivity index (χ0v) is 18.9. The number of nitrogens with zero attached hydrogens (tertiary/aromatic N) is 3. The first-order chi connectivity index (χ1) is 14.8. The number of fused-ring (bicyclic) bond motifs is 1. The second-order valence-corrected chi connectivity index (χ2v) is 8.76. The number of nitrogens with one attached hydrogen (secondary N) is 1. The first-order valence-electron chi connectivity index (χ1n) is 10.2. The summed E-state index contributed by atoms with van der Waals surface area (Å²) in [5, 5.41) is 10.7. The highest BCUT2D eigenvalue weighted by molar-refractivity contribution is 7.10.